The number of hydrogen-bond acceptors (Lipinski definition) is 2. The number of nitrogens with two attached hydrogens (primary N) is 1. The molecule has 1 saturated heterocycles. The molecule has 1 aliphatic heterocycles. The van der Waals surface area contributed by atoms with Gasteiger partial charge in [0, 0.05) is 5.92 Å². The summed E-state index contributed by atoms with van der Waals surface area (Å²) in [6, 6.07) is 0. The van der Waals surface area contributed by atoms with Gasteiger partial charge >= 0.3 is 0 Å². The van der Waals surface area contributed by atoms with Gasteiger partial charge in [0.1, 0.15) is 0 Å². The van der Waals surface area contributed by atoms with E-state index in [9.17, 15) is 4.79 Å². The molecular weight excluding hydrogens is 212 g/mol. The van der Waals surface area contributed by atoms with Crippen molar-refractivity contribution in [3.05, 3.63) is 0 Å². The number of carbonyl (C=O) groups is 1. The molecule has 0 bridgehead atoms. The predicted molar refractivity (Wildman–Crippen MR) is 76.0 cm³/mol. The third kappa shape index (κ3) is 10.3. The summed E-state index contributed by atoms with van der Waals surface area (Å²) >= 11 is 0. The Bertz CT molecular complexity index is 164. The molecule has 17 heavy (non-hydrogen) atoms. The van der Waals surface area contributed by atoms with Gasteiger partial charge in [0.25, 0.3) is 0 Å². The van der Waals surface area contributed by atoms with Gasteiger partial charge in [-0.05, 0) is 38.9 Å². The Kier molecular flexibility index (Phi) is 14.9. The zero-order valence-corrected chi connectivity index (χ0v) is 12.5. The summed E-state index contributed by atoms with van der Waals surface area (Å²) in [4.78, 5) is 13.2. The van der Waals surface area contributed by atoms with Crippen LogP contribution in [0.5, 0.6) is 0 Å². The van der Waals surface area contributed by atoms with Crippen molar-refractivity contribution in [3.63, 3.8) is 0 Å². The van der Waals surface area contributed by atoms with E-state index in [1.807, 2.05) is 13.8 Å². The lowest BCUT2D eigenvalue weighted by molar-refractivity contribution is -0.123. The summed E-state index contributed by atoms with van der Waals surface area (Å²) in [5.41, 5.74) is 5.23. The monoisotopic (exact) mass is 244 g/mol. The smallest absolute Gasteiger partial charge is 0.220 e. The van der Waals surface area contributed by atoms with E-state index in [4.69, 9.17) is 5.73 Å². The molecule has 0 aromatic carbocycles. The molecule has 104 valence electrons. The molecule has 0 atom stereocenters. The minimum Gasteiger partial charge on any atom is -0.369 e. The van der Waals surface area contributed by atoms with Crippen LogP contribution in [0.25, 0.3) is 0 Å². The van der Waals surface area contributed by atoms with Gasteiger partial charge in [-0.15, -0.1) is 0 Å². The summed E-state index contributed by atoms with van der Waals surface area (Å²) in [7, 11) is 0. The standard InChI is InChI=1S/C9H18N2O.C3H8.C2H6/c1-2-5-11-6-3-8(4-7-11)9(10)12;1-3-2;1-2/h8H,2-7H2,1H3,(H2,10,12);3H2,1-2H3;1-2H3. The number of hydrogen-bond donors (Lipinski definition) is 1. The normalized spacial score (nSPS) is 16.3. The molecule has 0 unspecified atom stereocenters. The number of likely N-dealkylation sites (tertiary alicyclic amines) is 1. The minimum absolute atomic E-state index is 0.119. The molecule has 0 aliphatic carbocycles. The van der Waals surface area contributed by atoms with Gasteiger partial charge in [0.15, 0.2) is 0 Å². The summed E-state index contributed by atoms with van der Waals surface area (Å²) in [6.07, 6.45) is 4.35. The SMILES string of the molecule is CC.CCC.CCCN1CCC(C(N)=O)CC1. The van der Waals surface area contributed by atoms with Crippen molar-refractivity contribution >= 4 is 5.91 Å². The first-order valence-corrected chi connectivity index (χ1v) is 7.17. The molecule has 0 spiro atoms. The van der Waals surface area contributed by atoms with E-state index in [1.54, 1.807) is 0 Å². The Balaban J connectivity index is 0. The summed E-state index contributed by atoms with van der Waals surface area (Å²) in [5, 5.41) is 0. The molecule has 1 amide bonds. The Labute approximate surface area is 108 Å². The van der Waals surface area contributed by atoms with Gasteiger partial charge in [-0.1, -0.05) is 41.0 Å². The Morgan fingerprint density at radius 1 is 1.18 bits per heavy atom. The van der Waals surface area contributed by atoms with Crippen molar-refractivity contribution in [1.82, 2.24) is 4.90 Å². The van der Waals surface area contributed by atoms with Crippen LogP contribution in [0, 0.1) is 5.92 Å². The zero-order valence-electron chi connectivity index (χ0n) is 12.5. The number of rotatable bonds is 3. The Morgan fingerprint density at radius 2 is 1.59 bits per heavy atom. The van der Waals surface area contributed by atoms with Crippen LogP contribution in [0.3, 0.4) is 0 Å². The van der Waals surface area contributed by atoms with Crippen molar-refractivity contribution in [2.75, 3.05) is 19.6 Å². The lowest BCUT2D eigenvalue weighted by Crippen LogP contribution is -2.38. The highest BCUT2D eigenvalue weighted by molar-refractivity contribution is 5.76. The molecule has 1 fully saturated rings. The van der Waals surface area contributed by atoms with Crippen LogP contribution in [-0.2, 0) is 4.79 Å². The highest BCUT2D eigenvalue weighted by atomic mass is 16.1. The van der Waals surface area contributed by atoms with Crippen LogP contribution >= 0.6 is 0 Å². The van der Waals surface area contributed by atoms with Gasteiger partial charge in [-0.3, -0.25) is 4.79 Å². The van der Waals surface area contributed by atoms with Crippen molar-refractivity contribution < 1.29 is 4.79 Å². The van der Waals surface area contributed by atoms with Crippen molar-refractivity contribution in [1.29, 1.82) is 0 Å². The van der Waals surface area contributed by atoms with Gasteiger partial charge in [0.2, 0.25) is 5.91 Å². The maximum atomic E-state index is 10.8. The highest BCUT2D eigenvalue weighted by Crippen LogP contribution is 2.16. The molecule has 0 radical (unpaired) electrons. The Hall–Kier alpha value is -0.570. The fraction of sp³-hybridized carbons (Fsp3) is 0.929. The Morgan fingerprint density at radius 3 is 1.88 bits per heavy atom. The van der Waals surface area contributed by atoms with Crippen LogP contribution < -0.4 is 5.73 Å². The van der Waals surface area contributed by atoms with Gasteiger partial charge < -0.3 is 10.6 Å². The first-order valence-electron chi connectivity index (χ1n) is 7.17. The van der Waals surface area contributed by atoms with Gasteiger partial charge in [0.05, 0.1) is 0 Å². The number of piperidine rings is 1. The van der Waals surface area contributed by atoms with E-state index in [1.165, 1.54) is 12.8 Å². The highest BCUT2D eigenvalue weighted by Gasteiger charge is 2.21. The molecule has 1 aliphatic rings. The van der Waals surface area contributed by atoms with Crippen molar-refractivity contribution in [3.8, 4) is 0 Å². The van der Waals surface area contributed by atoms with Gasteiger partial charge in [-0.2, -0.15) is 0 Å². The molecule has 0 saturated carbocycles. The molecule has 1 rings (SSSR count). The molecule has 2 N–H and O–H groups in total. The fourth-order valence-corrected chi connectivity index (χ4v) is 1.76. The molecule has 3 nitrogen and oxygen atoms in total. The van der Waals surface area contributed by atoms with E-state index in [0.29, 0.717) is 0 Å². The predicted octanol–water partition coefficient (Wildman–Crippen LogP) is 3.04. The maximum absolute atomic E-state index is 10.8. The summed E-state index contributed by atoms with van der Waals surface area (Å²) in [5.74, 6) is 0.0178. The second-order valence-electron chi connectivity index (χ2n) is 4.23. The van der Waals surface area contributed by atoms with E-state index in [0.717, 1.165) is 32.5 Å². The van der Waals surface area contributed by atoms with Crippen LogP contribution in [0.1, 0.15) is 60.3 Å². The van der Waals surface area contributed by atoms with Crippen LogP contribution in [0.15, 0.2) is 0 Å². The van der Waals surface area contributed by atoms with Crippen LogP contribution in [0.2, 0.25) is 0 Å². The second-order valence-corrected chi connectivity index (χ2v) is 4.23. The largest absolute Gasteiger partial charge is 0.369 e. The number of carbonyl (C=O) groups excluding carboxylic acids is 1. The molecular formula is C14H32N2O. The third-order valence-electron chi connectivity index (χ3n) is 2.53. The van der Waals surface area contributed by atoms with E-state index < -0.39 is 0 Å². The average molecular weight is 244 g/mol. The molecule has 0 aromatic rings. The maximum Gasteiger partial charge on any atom is 0.220 e. The number of nitrogens with zero attached hydrogens (tertiary/aromatic N) is 1. The van der Waals surface area contributed by atoms with Crippen molar-refractivity contribution in [2.24, 2.45) is 11.7 Å². The lowest BCUT2D eigenvalue weighted by Gasteiger charge is -2.29. The van der Waals surface area contributed by atoms with Crippen LogP contribution in [-0.4, -0.2) is 30.4 Å². The minimum atomic E-state index is -0.119. The van der Waals surface area contributed by atoms with E-state index in [2.05, 4.69) is 25.7 Å². The number of amides is 1. The van der Waals surface area contributed by atoms with E-state index >= 15 is 0 Å². The second kappa shape index (κ2) is 13.5. The molecule has 1 heterocycles. The summed E-state index contributed by atoms with van der Waals surface area (Å²) < 4.78 is 0. The summed E-state index contributed by atoms with van der Waals surface area (Å²) in [6.45, 7) is 13.7. The zero-order chi connectivity index (χ0) is 13.7. The fourth-order valence-electron chi connectivity index (χ4n) is 1.76. The molecule has 0 aromatic heterocycles. The van der Waals surface area contributed by atoms with E-state index in [-0.39, 0.29) is 11.8 Å². The first-order chi connectivity index (χ1) is 8.15. The van der Waals surface area contributed by atoms with Gasteiger partial charge in [-0.25, -0.2) is 0 Å². The first kappa shape index (κ1) is 18.8. The third-order valence-corrected chi connectivity index (χ3v) is 2.53. The number of primary amides is 1. The lowest BCUT2D eigenvalue weighted by atomic mass is 9.96. The van der Waals surface area contributed by atoms with Crippen LogP contribution in [0.4, 0.5) is 0 Å². The topological polar surface area (TPSA) is 46.3 Å². The van der Waals surface area contributed by atoms with Crippen molar-refractivity contribution in [2.45, 2.75) is 60.3 Å². The quantitative estimate of drug-likeness (QED) is 0.829. The molecule has 3 heteroatoms. The average Bonchev–Trinajstić information content (AvgIpc) is 2.34.